The van der Waals surface area contributed by atoms with E-state index in [0.717, 1.165) is 25.7 Å². The number of rotatable bonds is 9. The topological polar surface area (TPSA) is 55.8 Å². The molecule has 0 bridgehead atoms. The molecule has 0 radical (unpaired) electrons. The molecule has 0 fully saturated rings. The fourth-order valence-corrected chi connectivity index (χ4v) is 1.75. The first-order valence-electron chi connectivity index (χ1n) is 6.78. The number of hydrogen-bond acceptors (Lipinski definition) is 4. The normalized spacial score (nSPS) is 15.2. The SMILES string of the molecule is CCCC(C)(CO)CCC(C)(C)OOC(=O)CC. The van der Waals surface area contributed by atoms with Crippen LogP contribution in [0.25, 0.3) is 0 Å². The first kappa shape index (κ1) is 17.4. The second-order valence-electron chi connectivity index (χ2n) is 5.87. The summed E-state index contributed by atoms with van der Waals surface area (Å²) in [7, 11) is 0. The minimum absolute atomic E-state index is 0.0792. The molecular weight excluding hydrogens is 232 g/mol. The first-order chi connectivity index (χ1) is 8.28. The number of hydrogen-bond donors (Lipinski definition) is 1. The maximum absolute atomic E-state index is 11.0. The van der Waals surface area contributed by atoms with E-state index in [2.05, 4.69) is 13.8 Å². The molecule has 1 unspecified atom stereocenters. The first-order valence-corrected chi connectivity index (χ1v) is 6.78. The molecule has 4 nitrogen and oxygen atoms in total. The Balaban J connectivity index is 4.19. The Kier molecular flexibility index (Phi) is 7.48. The highest BCUT2D eigenvalue weighted by molar-refractivity contribution is 5.68. The Morgan fingerprint density at radius 2 is 1.72 bits per heavy atom. The van der Waals surface area contributed by atoms with E-state index in [1.807, 2.05) is 13.8 Å². The van der Waals surface area contributed by atoms with Crippen molar-refractivity contribution in [1.82, 2.24) is 0 Å². The van der Waals surface area contributed by atoms with Crippen LogP contribution in [0.5, 0.6) is 0 Å². The molecule has 0 heterocycles. The van der Waals surface area contributed by atoms with Crippen LogP contribution in [0, 0.1) is 5.41 Å². The lowest BCUT2D eigenvalue weighted by molar-refractivity contribution is -0.327. The third-order valence-electron chi connectivity index (χ3n) is 3.21. The van der Waals surface area contributed by atoms with Gasteiger partial charge in [0.05, 0.1) is 0 Å². The van der Waals surface area contributed by atoms with E-state index in [-0.39, 0.29) is 18.0 Å². The Morgan fingerprint density at radius 1 is 1.11 bits per heavy atom. The van der Waals surface area contributed by atoms with Gasteiger partial charge in [0.25, 0.3) is 0 Å². The van der Waals surface area contributed by atoms with Crippen LogP contribution < -0.4 is 0 Å². The van der Waals surface area contributed by atoms with Gasteiger partial charge in [-0.05, 0) is 38.5 Å². The van der Waals surface area contributed by atoms with Crippen LogP contribution in [0.1, 0.15) is 66.7 Å². The second-order valence-corrected chi connectivity index (χ2v) is 5.87. The molecule has 0 aromatic rings. The summed E-state index contributed by atoms with van der Waals surface area (Å²) in [6, 6.07) is 0. The molecule has 0 spiro atoms. The summed E-state index contributed by atoms with van der Waals surface area (Å²) in [6.07, 6.45) is 3.91. The van der Waals surface area contributed by atoms with Crippen molar-refractivity contribution in [2.75, 3.05) is 6.61 Å². The Hall–Kier alpha value is -0.610. The van der Waals surface area contributed by atoms with Gasteiger partial charge in [-0.25, -0.2) is 4.79 Å². The molecule has 0 aliphatic rings. The monoisotopic (exact) mass is 260 g/mol. The Morgan fingerprint density at radius 3 is 2.17 bits per heavy atom. The molecule has 18 heavy (non-hydrogen) atoms. The van der Waals surface area contributed by atoms with Gasteiger partial charge in [-0.2, -0.15) is 4.89 Å². The maximum Gasteiger partial charge on any atom is 0.342 e. The standard InChI is InChI=1S/C14H28O4/c1-6-8-14(5,11-15)10-9-13(3,4)18-17-12(16)7-2/h15H,6-11H2,1-5H3. The summed E-state index contributed by atoms with van der Waals surface area (Å²) in [6.45, 7) is 9.86. The average molecular weight is 260 g/mol. The fraction of sp³-hybridized carbons (Fsp3) is 0.929. The molecule has 1 atom stereocenters. The second kappa shape index (κ2) is 7.74. The van der Waals surface area contributed by atoms with Crippen molar-refractivity contribution in [3.05, 3.63) is 0 Å². The molecule has 1 N–H and O–H groups in total. The molecule has 0 saturated heterocycles. The van der Waals surface area contributed by atoms with Crippen molar-refractivity contribution in [1.29, 1.82) is 0 Å². The molecule has 0 aliphatic carbocycles. The zero-order chi connectivity index (χ0) is 14.2. The summed E-state index contributed by atoms with van der Waals surface area (Å²) in [5, 5.41) is 9.44. The van der Waals surface area contributed by atoms with E-state index < -0.39 is 5.60 Å². The molecule has 108 valence electrons. The van der Waals surface area contributed by atoms with Gasteiger partial charge in [0, 0.05) is 13.0 Å². The van der Waals surface area contributed by atoms with Crippen LogP contribution in [-0.2, 0) is 14.6 Å². The molecule has 0 rings (SSSR count). The van der Waals surface area contributed by atoms with Crippen molar-refractivity contribution in [2.45, 2.75) is 72.3 Å². The number of carbonyl (C=O) groups is 1. The van der Waals surface area contributed by atoms with E-state index in [1.165, 1.54) is 0 Å². The summed E-state index contributed by atoms with van der Waals surface area (Å²) in [5.74, 6) is -0.360. The lowest BCUT2D eigenvalue weighted by Crippen LogP contribution is -2.30. The summed E-state index contributed by atoms with van der Waals surface area (Å²) in [5.41, 5.74) is -0.598. The van der Waals surface area contributed by atoms with Crippen LogP contribution in [-0.4, -0.2) is 23.3 Å². The van der Waals surface area contributed by atoms with Crippen LogP contribution in [0.2, 0.25) is 0 Å². The highest BCUT2D eigenvalue weighted by atomic mass is 17.2. The molecule has 0 aromatic heterocycles. The van der Waals surface area contributed by atoms with Gasteiger partial charge < -0.3 is 5.11 Å². The molecule has 4 heteroatoms. The van der Waals surface area contributed by atoms with Crippen LogP contribution in [0.4, 0.5) is 0 Å². The van der Waals surface area contributed by atoms with Gasteiger partial charge in [-0.1, -0.05) is 27.2 Å². The molecule has 0 aromatic carbocycles. The summed E-state index contributed by atoms with van der Waals surface area (Å²) in [4.78, 5) is 20.9. The quantitative estimate of drug-likeness (QED) is 0.511. The largest absolute Gasteiger partial charge is 0.396 e. The highest BCUT2D eigenvalue weighted by Gasteiger charge is 2.29. The van der Waals surface area contributed by atoms with Crippen LogP contribution in [0.15, 0.2) is 0 Å². The van der Waals surface area contributed by atoms with Gasteiger partial charge in [0.15, 0.2) is 0 Å². The van der Waals surface area contributed by atoms with E-state index in [0.29, 0.717) is 6.42 Å². The third kappa shape index (κ3) is 6.97. The minimum atomic E-state index is -0.519. The highest BCUT2D eigenvalue weighted by Crippen LogP contribution is 2.32. The zero-order valence-electron chi connectivity index (χ0n) is 12.4. The van der Waals surface area contributed by atoms with E-state index >= 15 is 0 Å². The molecule has 0 aliphatic heterocycles. The van der Waals surface area contributed by atoms with Gasteiger partial charge in [0.1, 0.15) is 5.60 Å². The Labute approximate surface area is 111 Å². The average Bonchev–Trinajstić information content (AvgIpc) is 2.34. The zero-order valence-corrected chi connectivity index (χ0v) is 12.4. The minimum Gasteiger partial charge on any atom is -0.396 e. The third-order valence-corrected chi connectivity index (χ3v) is 3.21. The summed E-state index contributed by atoms with van der Waals surface area (Å²) < 4.78 is 0. The van der Waals surface area contributed by atoms with E-state index in [1.54, 1.807) is 6.92 Å². The van der Waals surface area contributed by atoms with Gasteiger partial charge in [0.2, 0.25) is 0 Å². The summed E-state index contributed by atoms with van der Waals surface area (Å²) >= 11 is 0. The fourth-order valence-electron chi connectivity index (χ4n) is 1.75. The van der Waals surface area contributed by atoms with E-state index in [9.17, 15) is 9.90 Å². The van der Waals surface area contributed by atoms with Crippen molar-refractivity contribution in [3.63, 3.8) is 0 Å². The lowest BCUT2D eigenvalue weighted by Gasteiger charge is -2.31. The molecule has 0 amide bonds. The van der Waals surface area contributed by atoms with E-state index in [4.69, 9.17) is 9.78 Å². The maximum atomic E-state index is 11.0. The lowest BCUT2D eigenvalue weighted by atomic mass is 9.79. The van der Waals surface area contributed by atoms with Crippen molar-refractivity contribution >= 4 is 5.97 Å². The van der Waals surface area contributed by atoms with Crippen LogP contribution >= 0.6 is 0 Å². The van der Waals surface area contributed by atoms with Crippen molar-refractivity contribution in [2.24, 2.45) is 5.41 Å². The predicted molar refractivity (Wildman–Crippen MR) is 70.9 cm³/mol. The Bertz CT molecular complexity index is 250. The van der Waals surface area contributed by atoms with Gasteiger partial charge in [-0.15, -0.1) is 0 Å². The number of aliphatic hydroxyl groups is 1. The van der Waals surface area contributed by atoms with Gasteiger partial charge in [-0.3, -0.25) is 4.89 Å². The molecular formula is C14H28O4. The van der Waals surface area contributed by atoms with Gasteiger partial charge >= 0.3 is 5.97 Å². The van der Waals surface area contributed by atoms with Crippen LogP contribution in [0.3, 0.4) is 0 Å². The number of carbonyl (C=O) groups excluding carboxylic acids is 1. The smallest absolute Gasteiger partial charge is 0.342 e. The van der Waals surface area contributed by atoms with Crippen molar-refractivity contribution in [3.8, 4) is 0 Å². The molecule has 0 saturated carbocycles. The van der Waals surface area contributed by atoms with Crippen molar-refractivity contribution < 1.29 is 19.7 Å². The predicted octanol–water partition coefficient (Wildman–Crippen LogP) is 3.23. The number of aliphatic hydroxyl groups excluding tert-OH is 1.